The Labute approximate surface area is 111 Å². The summed E-state index contributed by atoms with van der Waals surface area (Å²) in [5.74, 6) is 0. The van der Waals surface area contributed by atoms with Gasteiger partial charge < -0.3 is 5.32 Å². The maximum absolute atomic E-state index is 3.60. The van der Waals surface area contributed by atoms with Gasteiger partial charge in [-0.1, -0.05) is 31.2 Å². The van der Waals surface area contributed by atoms with Crippen LogP contribution in [0.1, 0.15) is 43.9 Å². The highest BCUT2D eigenvalue weighted by Crippen LogP contribution is 2.24. The molecule has 0 amide bonds. The summed E-state index contributed by atoms with van der Waals surface area (Å²) >= 11 is 0. The van der Waals surface area contributed by atoms with Gasteiger partial charge in [0.2, 0.25) is 0 Å². The van der Waals surface area contributed by atoms with Gasteiger partial charge in [0.1, 0.15) is 0 Å². The Kier molecular flexibility index (Phi) is 4.79. The molecule has 0 radical (unpaired) electrons. The Morgan fingerprint density at radius 2 is 2.17 bits per heavy atom. The van der Waals surface area contributed by atoms with E-state index in [0.29, 0.717) is 12.1 Å². The molecule has 0 saturated carbocycles. The summed E-state index contributed by atoms with van der Waals surface area (Å²) < 4.78 is 0. The number of rotatable bonds is 5. The van der Waals surface area contributed by atoms with E-state index in [0.717, 1.165) is 6.54 Å². The molecule has 1 aliphatic heterocycles. The zero-order chi connectivity index (χ0) is 13.0. The van der Waals surface area contributed by atoms with Crippen LogP contribution in [-0.4, -0.2) is 30.6 Å². The number of nitrogens with zero attached hydrogens (tertiary/aromatic N) is 1. The van der Waals surface area contributed by atoms with Crippen LogP contribution in [0.25, 0.3) is 0 Å². The minimum Gasteiger partial charge on any atom is -0.313 e. The summed E-state index contributed by atoms with van der Waals surface area (Å²) in [6.45, 7) is 10.3. The molecule has 1 aromatic carbocycles. The van der Waals surface area contributed by atoms with E-state index in [4.69, 9.17) is 0 Å². The summed E-state index contributed by atoms with van der Waals surface area (Å²) in [7, 11) is 0. The minimum absolute atomic E-state index is 0.513. The summed E-state index contributed by atoms with van der Waals surface area (Å²) in [4.78, 5) is 2.59. The third kappa shape index (κ3) is 3.12. The number of aryl methyl sites for hydroxylation is 1. The van der Waals surface area contributed by atoms with Gasteiger partial charge in [-0.25, -0.2) is 0 Å². The van der Waals surface area contributed by atoms with Crippen molar-refractivity contribution in [2.75, 3.05) is 19.6 Å². The topological polar surface area (TPSA) is 15.3 Å². The minimum atomic E-state index is 0.513. The first-order valence-corrected chi connectivity index (χ1v) is 7.25. The molecule has 0 aliphatic carbocycles. The molecule has 2 rings (SSSR count). The van der Waals surface area contributed by atoms with E-state index < -0.39 is 0 Å². The smallest absolute Gasteiger partial charge is 0.0323 e. The van der Waals surface area contributed by atoms with E-state index in [1.807, 2.05) is 0 Å². The van der Waals surface area contributed by atoms with E-state index in [-0.39, 0.29) is 0 Å². The van der Waals surface area contributed by atoms with Crippen molar-refractivity contribution in [2.45, 2.75) is 45.7 Å². The van der Waals surface area contributed by atoms with Gasteiger partial charge in [-0.2, -0.15) is 0 Å². The molecular weight excluding hydrogens is 220 g/mol. The zero-order valence-corrected chi connectivity index (χ0v) is 11.9. The second-order valence-electron chi connectivity index (χ2n) is 5.41. The van der Waals surface area contributed by atoms with Gasteiger partial charge in [-0.05, 0) is 50.9 Å². The molecule has 1 fully saturated rings. The Morgan fingerprint density at radius 3 is 2.78 bits per heavy atom. The van der Waals surface area contributed by atoms with Crippen LogP contribution in [0, 0.1) is 6.92 Å². The van der Waals surface area contributed by atoms with Crippen molar-refractivity contribution in [3.05, 3.63) is 35.4 Å². The molecular formula is C16H26N2. The number of benzene rings is 1. The van der Waals surface area contributed by atoms with E-state index >= 15 is 0 Å². The zero-order valence-electron chi connectivity index (χ0n) is 11.9. The molecule has 2 atom stereocenters. The maximum atomic E-state index is 3.60. The highest BCUT2D eigenvalue weighted by Gasteiger charge is 2.21. The lowest BCUT2D eigenvalue weighted by atomic mass is 10.0. The number of likely N-dealkylation sites (N-methyl/N-ethyl adjacent to an activating group) is 1. The van der Waals surface area contributed by atoms with Crippen LogP contribution in [0.15, 0.2) is 24.3 Å². The molecule has 2 nitrogen and oxygen atoms in total. The Balaban J connectivity index is 2.04. The molecule has 18 heavy (non-hydrogen) atoms. The third-order valence-corrected chi connectivity index (χ3v) is 4.21. The van der Waals surface area contributed by atoms with Crippen molar-refractivity contribution in [1.29, 1.82) is 0 Å². The predicted octanol–water partition coefficient (Wildman–Crippen LogP) is 3.13. The fourth-order valence-corrected chi connectivity index (χ4v) is 3.01. The second-order valence-corrected chi connectivity index (χ2v) is 5.41. The average Bonchev–Trinajstić information content (AvgIpc) is 2.88. The molecule has 1 aromatic rings. The molecule has 2 unspecified atom stereocenters. The van der Waals surface area contributed by atoms with E-state index in [1.165, 1.54) is 37.1 Å². The highest BCUT2D eigenvalue weighted by atomic mass is 15.2. The standard InChI is InChI=1S/C16H26N2/c1-4-18(12-15-9-7-11-17-15)14(3)16-10-6-5-8-13(16)2/h5-6,8,10,14-15,17H,4,7,9,11-12H2,1-3H3. The lowest BCUT2D eigenvalue weighted by Crippen LogP contribution is -2.39. The summed E-state index contributed by atoms with van der Waals surface area (Å²) in [5, 5.41) is 3.60. The summed E-state index contributed by atoms with van der Waals surface area (Å²) in [5.41, 5.74) is 2.88. The quantitative estimate of drug-likeness (QED) is 0.858. The van der Waals surface area contributed by atoms with Gasteiger partial charge >= 0.3 is 0 Å². The predicted molar refractivity (Wildman–Crippen MR) is 77.9 cm³/mol. The molecule has 100 valence electrons. The van der Waals surface area contributed by atoms with Crippen LogP contribution in [0.5, 0.6) is 0 Å². The third-order valence-electron chi connectivity index (χ3n) is 4.21. The highest BCUT2D eigenvalue weighted by molar-refractivity contribution is 5.28. The second kappa shape index (κ2) is 6.35. The van der Waals surface area contributed by atoms with Gasteiger partial charge in [-0.15, -0.1) is 0 Å². The maximum Gasteiger partial charge on any atom is 0.0323 e. The Morgan fingerprint density at radius 1 is 1.39 bits per heavy atom. The Hall–Kier alpha value is -0.860. The van der Waals surface area contributed by atoms with Crippen LogP contribution < -0.4 is 5.32 Å². The molecule has 1 saturated heterocycles. The number of hydrogen-bond acceptors (Lipinski definition) is 2. The monoisotopic (exact) mass is 246 g/mol. The van der Waals surface area contributed by atoms with Crippen molar-refractivity contribution < 1.29 is 0 Å². The van der Waals surface area contributed by atoms with Crippen molar-refractivity contribution in [1.82, 2.24) is 10.2 Å². The van der Waals surface area contributed by atoms with Gasteiger partial charge in [0.25, 0.3) is 0 Å². The number of nitrogens with one attached hydrogen (secondary N) is 1. The molecule has 1 heterocycles. The lowest BCUT2D eigenvalue weighted by Gasteiger charge is -2.31. The van der Waals surface area contributed by atoms with Gasteiger partial charge in [0.15, 0.2) is 0 Å². The Bertz CT molecular complexity index is 369. The van der Waals surface area contributed by atoms with E-state index in [9.17, 15) is 0 Å². The van der Waals surface area contributed by atoms with E-state index in [2.05, 4.69) is 55.3 Å². The SMILES string of the molecule is CCN(CC1CCCN1)C(C)c1ccccc1C. The van der Waals surface area contributed by atoms with Crippen LogP contribution in [-0.2, 0) is 0 Å². The fourth-order valence-electron chi connectivity index (χ4n) is 3.01. The first-order valence-electron chi connectivity index (χ1n) is 7.25. The largest absolute Gasteiger partial charge is 0.313 e. The van der Waals surface area contributed by atoms with Crippen LogP contribution in [0.4, 0.5) is 0 Å². The van der Waals surface area contributed by atoms with Gasteiger partial charge in [0, 0.05) is 18.6 Å². The van der Waals surface area contributed by atoms with E-state index in [1.54, 1.807) is 0 Å². The van der Waals surface area contributed by atoms with Crippen molar-refractivity contribution in [3.8, 4) is 0 Å². The molecule has 0 bridgehead atoms. The normalized spacial score (nSPS) is 21.4. The van der Waals surface area contributed by atoms with Gasteiger partial charge in [0.05, 0.1) is 0 Å². The fraction of sp³-hybridized carbons (Fsp3) is 0.625. The molecule has 1 aliphatic rings. The average molecular weight is 246 g/mol. The van der Waals surface area contributed by atoms with Crippen molar-refractivity contribution in [2.24, 2.45) is 0 Å². The first-order chi connectivity index (χ1) is 8.72. The molecule has 1 N–H and O–H groups in total. The summed E-state index contributed by atoms with van der Waals surface area (Å²) in [6, 6.07) is 9.97. The van der Waals surface area contributed by atoms with Crippen LogP contribution in [0.2, 0.25) is 0 Å². The van der Waals surface area contributed by atoms with Gasteiger partial charge in [-0.3, -0.25) is 4.90 Å². The molecule has 0 aromatic heterocycles. The van der Waals surface area contributed by atoms with Crippen molar-refractivity contribution >= 4 is 0 Å². The summed E-state index contributed by atoms with van der Waals surface area (Å²) in [6.07, 6.45) is 2.66. The first kappa shape index (κ1) is 13.6. The van der Waals surface area contributed by atoms with Crippen LogP contribution >= 0.6 is 0 Å². The number of hydrogen-bond donors (Lipinski definition) is 1. The van der Waals surface area contributed by atoms with Crippen LogP contribution in [0.3, 0.4) is 0 Å². The lowest BCUT2D eigenvalue weighted by molar-refractivity contribution is 0.202. The van der Waals surface area contributed by atoms with Crippen molar-refractivity contribution in [3.63, 3.8) is 0 Å². The molecule has 2 heteroatoms. The molecule has 0 spiro atoms.